The number of rotatable bonds is 5. The maximum Gasteiger partial charge on any atom is 0.157 e. The van der Waals surface area contributed by atoms with Crippen LogP contribution in [0, 0.1) is 13.8 Å². The normalized spacial score (nSPS) is 13.1. The summed E-state index contributed by atoms with van der Waals surface area (Å²) in [4.78, 5) is 0. The van der Waals surface area contributed by atoms with Crippen molar-refractivity contribution in [3.05, 3.63) is 69.7 Å². The Kier molecular flexibility index (Phi) is 5.27. The monoisotopic (exact) mass is 338 g/mol. The zero-order valence-electron chi connectivity index (χ0n) is 12.6. The molecule has 0 aliphatic heterocycles. The summed E-state index contributed by atoms with van der Waals surface area (Å²) >= 11 is 6.00. The molecule has 22 heavy (non-hydrogen) atoms. The third-order valence-corrected chi connectivity index (χ3v) is 5.32. The van der Waals surface area contributed by atoms with Gasteiger partial charge in [-0.05, 0) is 31.0 Å². The van der Waals surface area contributed by atoms with Crippen LogP contribution in [0.2, 0.25) is 5.02 Å². The molecule has 0 saturated heterocycles. The molecule has 0 bridgehead atoms. The van der Waals surface area contributed by atoms with E-state index >= 15 is 0 Å². The van der Waals surface area contributed by atoms with Crippen LogP contribution in [0.3, 0.4) is 0 Å². The van der Waals surface area contributed by atoms with E-state index in [2.05, 4.69) is 0 Å². The number of sulfone groups is 1. The average molecular weight is 339 g/mol. The Morgan fingerprint density at radius 2 is 1.68 bits per heavy atom. The second kappa shape index (κ2) is 6.82. The molecular formula is C17H19ClO3S. The average Bonchev–Trinajstić information content (AvgIpc) is 2.39. The van der Waals surface area contributed by atoms with Crippen LogP contribution in [-0.2, 0) is 15.6 Å². The summed E-state index contributed by atoms with van der Waals surface area (Å²) in [5.41, 5.74) is 3.17. The molecule has 0 aliphatic rings. The van der Waals surface area contributed by atoms with E-state index in [0.29, 0.717) is 16.1 Å². The highest BCUT2D eigenvalue weighted by atomic mass is 35.5. The molecular weight excluding hydrogens is 320 g/mol. The number of halogens is 1. The van der Waals surface area contributed by atoms with Crippen molar-refractivity contribution in [2.75, 3.05) is 5.75 Å². The van der Waals surface area contributed by atoms with Crippen molar-refractivity contribution >= 4 is 21.4 Å². The van der Waals surface area contributed by atoms with E-state index in [9.17, 15) is 13.5 Å². The maximum atomic E-state index is 12.3. The van der Waals surface area contributed by atoms with Gasteiger partial charge in [-0.1, -0.05) is 59.1 Å². The minimum Gasteiger partial charge on any atom is -0.387 e. The minimum atomic E-state index is -3.46. The highest BCUT2D eigenvalue weighted by Crippen LogP contribution is 2.22. The first-order valence-electron chi connectivity index (χ1n) is 6.97. The zero-order valence-corrected chi connectivity index (χ0v) is 14.2. The molecule has 0 amide bonds. The Morgan fingerprint density at radius 3 is 2.27 bits per heavy atom. The van der Waals surface area contributed by atoms with E-state index in [4.69, 9.17) is 11.6 Å². The molecule has 3 nitrogen and oxygen atoms in total. The van der Waals surface area contributed by atoms with Crippen molar-refractivity contribution in [3.8, 4) is 0 Å². The highest BCUT2D eigenvalue weighted by Gasteiger charge is 2.20. The maximum absolute atomic E-state index is 12.3. The van der Waals surface area contributed by atoms with E-state index in [-0.39, 0.29) is 11.5 Å². The molecule has 2 aromatic rings. The van der Waals surface area contributed by atoms with Gasteiger partial charge in [0.25, 0.3) is 0 Å². The fraction of sp³-hybridized carbons (Fsp3) is 0.294. The largest absolute Gasteiger partial charge is 0.387 e. The summed E-state index contributed by atoms with van der Waals surface area (Å²) in [6.07, 6.45) is -1.04. The van der Waals surface area contributed by atoms with Gasteiger partial charge in [0, 0.05) is 5.02 Å². The van der Waals surface area contributed by atoms with Crippen LogP contribution in [0.15, 0.2) is 42.5 Å². The van der Waals surface area contributed by atoms with Gasteiger partial charge >= 0.3 is 0 Å². The summed E-state index contributed by atoms with van der Waals surface area (Å²) in [5.74, 6) is -0.490. The summed E-state index contributed by atoms with van der Waals surface area (Å²) in [7, 11) is -3.46. The van der Waals surface area contributed by atoms with E-state index in [1.54, 1.807) is 24.3 Å². The first kappa shape index (κ1) is 17.0. The summed E-state index contributed by atoms with van der Waals surface area (Å²) < 4.78 is 24.6. The van der Waals surface area contributed by atoms with Gasteiger partial charge in [-0.15, -0.1) is 0 Å². The Bertz CT molecular complexity index is 749. The topological polar surface area (TPSA) is 54.4 Å². The van der Waals surface area contributed by atoms with Crippen LogP contribution >= 0.6 is 11.6 Å². The minimum absolute atomic E-state index is 0.172. The van der Waals surface area contributed by atoms with Gasteiger partial charge in [0.2, 0.25) is 0 Å². The summed E-state index contributed by atoms with van der Waals surface area (Å²) in [6, 6.07) is 12.4. The molecule has 0 heterocycles. The second-order valence-corrected chi connectivity index (χ2v) is 8.10. The molecule has 2 aromatic carbocycles. The first-order valence-corrected chi connectivity index (χ1v) is 9.17. The standard InChI is InChI=1S/C17H19ClO3S/c1-12-7-13(2)9-15(8-12)17(19)11-22(20,21)10-14-5-3-4-6-16(14)18/h3-9,17,19H,10-11H2,1-2H3. The van der Waals surface area contributed by atoms with Crippen LogP contribution < -0.4 is 0 Å². The van der Waals surface area contributed by atoms with Crippen LogP contribution in [-0.4, -0.2) is 19.3 Å². The summed E-state index contributed by atoms with van der Waals surface area (Å²) in [5, 5.41) is 10.7. The summed E-state index contributed by atoms with van der Waals surface area (Å²) in [6.45, 7) is 3.84. The van der Waals surface area contributed by atoms with Crippen LogP contribution in [0.1, 0.15) is 28.4 Å². The van der Waals surface area contributed by atoms with Crippen LogP contribution in [0.25, 0.3) is 0 Å². The van der Waals surface area contributed by atoms with E-state index in [1.807, 2.05) is 32.0 Å². The molecule has 0 spiro atoms. The smallest absolute Gasteiger partial charge is 0.157 e. The van der Waals surface area contributed by atoms with Gasteiger partial charge in [0.15, 0.2) is 9.84 Å². The van der Waals surface area contributed by atoms with Gasteiger partial charge in [-0.25, -0.2) is 8.42 Å². The molecule has 5 heteroatoms. The second-order valence-electron chi connectivity index (χ2n) is 5.58. The third-order valence-electron chi connectivity index (χ3n) is 3.37. The fourth-order valence-corrected chi connectivity index (χ4v) is 4.25. The van der Waals surface area contributed by atoms with Gasteiger partial charge in [0.1, 0.15) is 0 Å². The van der Waals surface area contributed by atoms with Crippen molar-refractivity contribution in [2.45, 2.75) is 25.7 Å². The Labute approximate surface area is 136 Å². The predicted octanol–water partition coefficient (Wildman–Crippen LogP) is 3.61. The van der Waals surface area contributed by atoms with Gasteiger partial charge in [-0.3, -0.25) is 0 Å². The highest BCUT2D eigenvalue weighted by molar-refractivity contribution is 7.90. The Balaban J connectivity index is 2.16. The van der Waals surface area contributed by atoms with Crippen LogP contribution in [0.5, 0.6) is 0 Å². The van der Waals surface area contributed by atoms with Gasteiger partial charge < -0.3 is 5.11 Å². The van der Waals surface area contributed by atoms with E-state index in [0.717, 1.165) is 11.1 Å². The van der Waals surface area contributed by atoms with Crippen molar-refractivity contribution in [2.24, 2.45) is 0 Å². The lowest BCUT2D eigenvalue weighted by atomic mass is 10.0. The van der Waals surface area contributed by atoms with E-state index in [1.165, 1.54) is 0 Å². The number of aliphatic hydroxyl groups excluding tert-OH is 1. The quantitative estimate of drug-likeness (QED) is 0.906. The zero-order chi connectivity index (χ0) is 16.3. The Morgan fingerprint density at radius 1 is 1.09 bits per heavy atom. The van der Waals surface area contributed by atoms with Crippen LogP contribution in [0.4, 0.5) is 0 Å². The molecule has 1 N–H and O–H groups in total. The van der Waals surface area contributed by atoms with Crippen molar-refractivity contribution < 1.29 is 13.5 Å². The van der Waals surface area contributed by atoms with Gasteiger partial charge in [-0.2, -0.15) is 0 Å². The number of hydrogen-bond acceptors (Lipinski definition) is 3. The van der Waals surface area contributed by atoms with Gasteiger partial charge in [0.05, 0.1) is 17.6 Å². The molecule has 0 fully saturated rings. The van der Waals surface area contributed by atoms with Crippen molar-refractivity contribution in [1.82, 2.24) is 0 Å². The molecule has 0 aromatic heterocycles. The third kappa shape index (κ3) is 4.57. The molecule has 0 radical (unpaired) electrons. The number of benzene rings is 2. The molecule has 0 saturated carbocycles. The lowest BCUT2D eigenvalue weighted by molar-refractivity contribution is 0.201. The van der Waals surface area contributed by atoms with Crippen molar-refractivity contribution in [3.63, 3.8) is 0 Å². The predicted molar refractivity (Wildman–Crippen MR) is 89.8 cm³/mol. The van der Waals surface area contributed by atoms with Crippen molar-refractivity contribution in [1.29, 1.82) is 0 Å². The molecule has 1 atom stereocenters. The molecule has 2 rings (SSSR count). The number of hydrogen-bond donors (Lipinski definition) is 1. The molecule has 118 valence electrons. The lowest BCUT2D eigenvalue weighted by Gasteiger charge is -2.14. The molecule has 1 unspecified atom stereocenters. The SMILES string of the molecule is Cc1cc(C)cc(C(O)CS(=O)(=O)Cc2ccccc2Cl)c1. The first-order chi connectivity index (χ1) is 10.3. The van der Waals surface area contributed by atoms with E-state index < -0.39 is 15.9 Å². The number of aryl methyl sites for hydroxylation is 2. The Hall–Kier alpha value is -1.36. The fourth-order valence-electron chi connectivity index (χ4n) is 2.45. The lowest BCUT2D eigenvalue weighted by Crippen LogP contribution is -2.16. The molecule has 0 aliphatic carbocycles. The number of aliphatic hydroxyl groups is 1.